The average molecular weight is 265 g/mol. The first-order valence-electron chi connectivity index (χ1n) is 6.23. The van der Waals surface area contributed by atoms with Gasteiger partial charge >= 0.3 is 5.97 Å². The van der Waals surface area contributed by atoms with Gasteiger partial charge in [-0.1, -0.05) is 13.3 Å². The van der Waals surface area contributed by atoms with Crippen molar-refractivity contribution in [3.05, 3.63) is 24.0 Å². The fraction of sp³-hybridized carbons (Fsp3) is 0.462. The van der Waals surface area contributed by atoms with Gasteiger partial charge in [0.15, 0.2) is 0 Å². The van der Waals surface area contributed by atoms with Gasteiger partial charge in [0, 0.05) is 25.5 Å². The van der Waals surface area contributed by atoms with Crippen molar-refractivity contribution in [2.45, 2.75) is 19.8 Å². The highest BCUT2D eigenvalue weighted by Gasteiger charge is 2.16. The monoisotopic (exact) mass is 265 g/mol. The minimum absolute atomic E-state index is 0.271. The zero-order valence-corrected chi connectivity index (χ0v) is 11.1. The fourth-order valence-electron chi connectivity index (χ4n) is 1.70. The predicted molar refractivity (Wildman–Crippen MR) is 72.2 cm³/mol. The lowest BCUT2D eigenvalue weighted by Crippen LogP contribution is -2.23. The molecule has 1 aromatic heterocycles. The number of pyridine rings is 1. The number of hydrogen-bond acceptors (Lipinski definition) is 4. The molecule has 19 heavy (non-hydrogen) atoms. The molecule has 1 amide bonds. The zero-order valence-electron chi connectivity index (χ0n) is 11.1. The summed E-state index contributed by atoms with van der Waals surface area (Å²) in [6.07, 6.45) is 2.96. The molecule has 0 aliphatic heterocycles. The number of nitrogens with zero attached hydrogens (tertiary/aromatic N) is 1. The molecule has 0 radical (unpaired) electrons. The van der Waals surface area contributed by atoms with Gasteiger partial charge in [-0.2, -0.15) is 0 Å². The lowest BCUT2D eigenvalue weighted by atomic mass is 10.0. The molecule has 0 fully saturated rings. The third-order valence-electron chi connectivity index (χ3n) is 2.76. The summed E-state index contributed by atoms with van der Waals surface area (Å²) in [6.45, 7) is 2.28. The van der Waals surface area contributed by atoms with Crippen LogP contribution in [0.4, 0.5) is 5.69 Å². The maximum atomic E-state index is 11.4. The topological polar surface area (TPSA) is 91.3 Å². The predicted octanol–water partition coefficient (Wildman–Crippen LogP) is 1.35. The van der Waals surface area contributed by atoms with Crippen LogP contribution in [-0.4, -0.2) is 35.6 Å². The molecular formula is C13H19N3O3. The molecule has 104 valence electrons. The van der Waals surface area contributed by atoms with E-state index in [4.69, 9.17) is 5.11 Å². The van der Waals surface area contributed by atoms with Crippen LogP contribution in [0, 0.1) is 5.92 Å². The van der Waals surface area contributed by atoms with Crippen molar-refractivity contribution < 1.29 is 14.7 Å². The van der Waals surface area contributed by atoms with Gasteiger partial charge in [-0.3, -0.25) is 14.6 Å². The van der Waals surface area contributed by atoms with E-state index in [2.05, 4.69) is 15.6 Å². The molecule has 0 saturated carbocycles. The van der Waals surface area contributed by atoms with E-state index in [1.54, 1.807) is 12.1 Å². The summed E-state index contributed by atoms with van der Waals surface area (Å²) in [7, 11) is 1.53. The molecule has 1 unspecified atom stereocenters. The second-order valence-corrected chi connectivity index (χ2v) is 4.21. The molecule has 1 heterocycles. The summed E-state index contributed by atoms with van der Waals surface area (Å²) < 4.78 is 0. The number of carboxylic acids is 1. The molecule has 1 atom stereocenters. The average Bonchev–Trinajstić information content (AvgIpc) is 2.42. The SMILES string of the molecule is CCCC(CNc1ccnc(C(=O)NC)c1)C(=O)O. The number of aliphatic carboxylic acids is 1. The van der Waals surface area contributed by atoms with E-state index in [9.17, 15) is 9.59 Å². The Morgan fingerprint density at radius 1 is 1.47 bits per heavy atom. The highest BCUT2D eigenvalue weighted by Crippen LogP contribution is 2.12. The van der Waals surface area contributed by atoms with E-state index >= 15 is 0 Å². The van der Waals surface area contributed by atoms with E-state index < -0.39 is 11.9 Å². The summed E-state index contributed by atoms with van der Waals surface area (Å²) in [4.78, 5) is 26.4. The van der Waals surface area contributed by atoms with Crippen molar-refractivity contribution in [2.24, 2.45) is 5.92 Å². The standard InChI is InChI=1S/C13H19N3O3/c1-3-4-9(13(18)19)8-16-10-5-6-15-11(7-10)12(17)14-2/h5-7,9H,3-4,8H2,1-2H3,(H,14,17)(H,15,16)(H,18,19). The van der Waals surface area contributed by atoms with E-state index in [-0.39, 0.29) is 5.91 Å². The van der Waals surface area contributed by atoms with Crippen LogP contribution in [0.15, 0.2) is 18.3 Å². The molecule has 6 heteroatoms. The Balaban J connectivity index is 2.66. The van der Waals surface area contributed by atoms with Crippen molar-refractivity contribution >= 4 is 17.6 Å². The second kappa shape index (κ2) is 7.35. The first-order chi connectivity index (χ1) is 9.08. The molecule has 1 aromatic rings. The second-order valence-electron chi connectivity index (χ2n) is 4.21. The van der Waals surface area contributed by atoms with E-state index in [1.165, 1.54) is 13.2 Å². The van der Waals surface area contributed by atoms with Gasteiger partial charge < -0.3 is 15.7 Å². The van der Waals surface area contributed by atoms with E-state index in [1.807, 2.05) is 6.92 Å². The molecule has 0 aromatic carbocycles. The quantitative estimate of drug-likeness (QED) is 0.692. The summed E-state index contributed by atoms with van der Waals surface area (Å²) in [5.41, 5.74) is 0.991. The molecule has 3 N–H and O–H groups in total. The van der Waals surface area contributed by atoms with Crippen LogP contribution < -0.4 is 10.6 Å². The van der Waals surface area contributed by atoms with Gasteiger partial charge in [0.1, 0.15) is 5.69 Å². The minimum Gasteiger partial charge on any atom is -0.481 e. The third kappa shape index (κ3) is 4.57. The Bertz CT molecular complexity index is 449. The van der Waals surface area contributed by atoms with E-state index in [0.29, 0.717) is 24.3 Å². The highest BCUT2D eigenvalue weighted by molar-refractivity contribution is 5.92. The number of nitrogens with one attached hydrogen (secondary N) is 2. The Morgan fingerprint density at radius 2 is 2.21 bits per heavy atom. The van der Waals surface area contributed by atoms with Crippen molar-refractivity contribution in [1.82, 2.24) is 10.3 Å². The largest absolute Gasteiger partial charge is 0.481 e. The number of amides is 1. The Kier molecular flexibility index (Phi) is 5.78. The van der Waals surface area contributed by atoms with Crippen LogP contribution in [0.1, 0.15) is 30.3 Å². The molecule has 0 aliphatic rings. The van der Waals surface area contributed by atoms with Crippen LogP contribution in [0.5, 0.6) is 0 Å². The fourth-order valence-corrected chi connectivity index (χ4v) is 1.70. The normalized spacial score (nSPS) is 11.7. The van der Waals surface area contributed by atoms with Crippen molar-refractivity contribution in [2.75, 3.05) is 18.9 Å². The molecule has 0 spiro atoms. The number of anilines is 1. The number of carbonyl (C=O) groups is 2. The Hall–Kier alpha value is -2.11. The summed E-state index contributed by atoms with van der Waals surface area (Å²) in [5, 5.41) is 14.6. The maximum absolute atomic E-state index is 11.4. The number of aromatic nitrogens is 1. The van der Waals surface area contributed by atoms with Gasteiger partial charge in [0.25, 0.3) is 5.91 Å². The van der Waals surface area contributed by atoms with Gasteiger partial charge in [-0.05, 0) is 18.6 Å². The molecule has 6 nitrogen and oxygen atoms in total. The molecule has 0 saturated heterocycles. The number of carboxylic acid groups (broad SMARTS) is 1. The Morgan fingerprint density at radius 3 is 2.79 bits per heavy atom. The molecule has 0 bridgehead atoms. The summed E-state index contributed by atoms with van der Waals surface area (Å²) in [5.74, 6) is -1.51. The summed E-state index contributed by atoms with van der Waals surface area (Å²) in [6, 6.07) is 3.31. The number of carbonyl (C=O) groups excluding carboxylic acids is 1. The summed E-state index contributed by atoms with van der Waals surface area (Å²) >= 11 is 0. The van der Waals surface area contributed by atoms with Crippen LogP contribution in [0.25, 0.3) is 0 Å². The van der Waals surface area contributed by atoms with Gasteiger partial charge in [0.2, 0.25) is 0 Å². The van der Waals surface area contributed by atoms with Crippen LogP contribution >= 0.6 is 0 Å². The van der Waals surface area contributed by atoms with Crippen LogP contribution in [-0.2, 0) is 4.79 Å². The van der Waals surface area contributed by atoms with Gasteiger partial charge in [-0.15, -0.1) is 0 Å². The molecule has 0 aliphatic carbocycles. The number of rotatable bonds is 7. The van der Waals surface area contributed by atoms with Crippen molar-refractivity contribution in [1.29, 1.82) is 0 Å². The van der Waals surface area contributed by atoms with Crippen LogP contribution in [0.2, 0.25) is 0 Å². The first kappa shape index (κ1) is 14.9. The molecular weight excluding hydrogens is 246 g/mol. The Labute approximate surface area is 112 Å². The molecule has 1 rings (SSSR count). The highest BCUT2D eigenvalue weighted by atomic mass is 16.4. The first-order valence-corrected chi connectivity index (χ1v) is 6.23. The number of hydrogen-bond donors (Lipinski definition) is 3. The lowest BCUT2D eigenvalue weighted by molar-refractivity contribution is -0.141. The third-order valence-corrected chi connectivity index (χ3v) is 2.76. The van der Waals surface area contributed by atoms with Crippen LogP contribution in [0.3, 0.4) is 0 Å². The maximum Gasteiger partial charge on any atom is 0.308 e. The van der Waals surface area contributed by atoms with Crippen molar-refractivity contribution in [3.63, 3.8) is 0 Å². The lowest BCUT2D eigenvalue weighted by Gasteiger charge is -2.13. The van der Waals surface area contributed by atoms with Gasteiger partial charge in [0.05, 0.1) is 5.92 Å². The zero-order chi connectivity index (χ0) is 14.3. The minimum atomic E-state index is -0.810. The smallest absolute Gasteiger partial charge is 0.308 e. The van der Waals surface area contributed by atoms with Crippen molar-refractivity contribution in [3.8, 4) is 0 Å². The van der Waals surface area contributed by atoms with Gasteiger partial charge in [-0.25, -0.2) is 0 Å². The van der Waals surface area contributed by atoms with E-state index in [0.717, 1.165) is 6.42 Å².